The van der Waals surface area contributed by atoms with Gasteiger partial charge in [0, 0.05) is 46.1 Å². The highest BCUT2D eigenvalue weighted by Crippen LogP contribution is 2.21. The lowest BCUT2D eigenvalue weighted by Gasteiger charge is -2.25. The Morgan fingerprint density at radius 2 is 1.34 bits per heavy atom. The SMILES string of the molecule is [N-]=[N+]=Nc1cccc(C=CC2CNCC(C=Cc3cccc(N=[N+]=[N-])c3)C2=O)c1. The third kappa shape index (κ3) is 5.57. The van der Waals surface area contributed by atoms with Gasteiger partial charge in [0.1, 0.15) is 5.78 Å². The van der Waals surface area contributed by atoms with Gasteiger partial charge < -0.3 is 5.32 Å². The molecule has 1 aliphatic heterocycles. The van der Waals surface area contributed by atoms with Crippen molar-refractivity contribution >= 4 is 29.3 Å². The van der Waals surface area contributed by atoms with Crippen LogP contribution in [0.4, 0.5) is 11.4 Å². The largest absolute Gasteiger partial charge is 0.315 e. The number of azide groups is 2. The zero-order valence-electron chi connectivity index (χ0n) is 15.6. The van der Waals surface area contributed by atoms with Crippen LogP contribution in [-0.4, -0.2) is 18.9 Å². The monoisotopic (exact) mass is 385 g/mol. The van der Waals surface area contributed by atoms with E-state index in [9.17, 15) is 4.79 Å². The van der Waals surface area contributed by atoms with Crippen molar-refractivity contribution in [3.8, 4) is 0 Å². The van der Waals surface area contributed by atoms with Gasteiger partial charge in [0.15, 0.2) is 0 Å². The molecule has 1 saturated heterocycles. The molecule has 0 aromatic heterocycles. The molecule has 1 N–H and O–H groups in total. The molecule has 1 heterocycles. The van der Waals surface area contributed by atoms with E-state index in [1.165, 1.54) is 0 Å². The van der Waals surface area contributed by atoms with Crippen molar-refractivity contribution in [3.63, 3.8) is 0 Å². The average molecular weight is 385 g/mol. The molecule has 8 nitrogen and oxygen atoms in total. The highest BCUT2D eigenvalue weighted by molar-refractivity contribution is 5.89. The van der Waals surface area contributed by atoms with E-state index in [1.54, 1.807) is 36.4 Å². The van der Waals surface area contributed by atoms with Gasteiger partial charge in [-0.05, 0) is 34.3 Å². The lowest BCUT2D eigenvalue weighted by atomic mass is 9.87. The topological polar surface area (TPSA) is 127 Å². The number of ketones is 1. The second-order valence-corrected chi connectivity index (χ2v) is 6.56. The molecule has 1 aliphatic rings. The molecule has 0 radical (unpaired) electrons. The average Bonchev–Trinajstić information content (AvgIpc) is 2.73. The van der Waals surface area contributed by atoms with Gasteiger partial charge >= 0.3 is 0 Å². The molecular weight excluding hydrogens is 366 g/mol. The van der Waals surface area contributed by atoms with Crippen LogP contribution in [0.25, 0.3) is 33.0 Å². The molecule has 1 fully saturated rings. The third-order valence-electron chi connectivity index (χ3n) is 4.56. The Hall–Kier alpha value is -3.83. The lowest BCUT2D eigenvalue weighted by molar-refractivity contribution is -0.125. The van der Waals surface area contributed by atoms with Crippen molar-refractivity contribution in [3.05, 3.63) is 92.7 Å². The molecule has 8 heteroatoms. The zero-order chi connectivity index (χ0) is 20.5. The van der Waals surface area contributed by atoms with Crippen LogP contribution in [0.15, 0.2) is 70.9 Å². The molecule has 0 amide bonds. The van der Waals surface area contributed by atoms with Crippen LogP contribution >= 0.6 is 0 Å². The fraction of sp³-hybridized carbons (Fsp3) is 0.190. The van der Waals surface area contributed by atoms with Gasteiger partial charge in [-0.3, -0.25) is 4.79 Å². The predicted molar refractivity (Wildman–Crippen MR) is 113 cm³/mol. The summed E-state index contributed by atoms with van der Waals surface area (Å²) in [5.74, 6) is -0.333. The Bertz CT molecular complexity index is 965. The van der Waals surface area contributed by atoms with Crippen molar-refractivity contribution in [1.82, 2.24) is 5.32 Å². The quantitative estimate of drug-likeness (QED) is 0.389. The second kappa shape index (κ2) is 9.92. The van der Waals surface area contributed by atoms with Gasteiger partial charge in [0.2, 0.25) is 0 Å². The second-order valence-electron chi connectivity index (χ2n) is 6.56. The summed E-state index contributed by atoms with van der Waals surface area (Å²) in [6, 6.07) is 14.4. The van der Waals surface area contributed by atoms with Crippen molar-refractivity contribution < 1.29 is 4.79 Å². The minimum atomic E-state index is -0.240. The number of Topliss-reactive ketones (excluding diaryl/α,β-unsaturated/α-hetero) is 1. The molecule has 2 atom stereocenters. The molecule has 2 unspecified atom stereocenters. The van der Waals surface area contributed by atoms with Crippen LogP contribution in [0.2, 0.25) is 0 Å². The molecule has 3 rings (SSSR count). The molecule has 2 aromatic rings. The minimum absolute atomic E-state index is 0.147. The molecule has 0 spiro atoms. The molecule has 0 bridgehead atoms. The number of hydrogen-bond acceptors (Lipinski definition) is 4. The summed E-state index contributed by atoms with van der Waals surface area (Å²) in [4.78, 5) is 18.4. The minimum Gasteiger partial charge on any atom is -0.315 e. The van der Waals surface area contributed by atoms with Gasteiger partial charge in [0.05, 0.1) is 0 Å². The summed E-state index contributed by atoms with van der Waals surface area (Å²) in [6.07, 6.45) is 7.51. The maximum atomic E-state index is 12.8. The van der Waals surface area contributed by atoms with Gasteiger partial charge in [-0.25, -0.2) is 0 Å². The fourth-order valence-electron chi connectivity index (χ4n) is 3.14. The molecular formula is C21H19N7O. The molecule has 144 valence electrons. The smallest absolute Gasteiger partial charge is 0.149 e. The van der Waals surface area contributed by atoms with E-state index in [4.69, 9.17) is 11.1 Å². The van der Waals surface area contributed by atoms with Crippen molar-refractivity contribution in [2.24, 2.45) is 22.1 Å². The number of carbonyl (C=O) groups excluding carboxylic acids is 1. The summed E-state index contributed by atoms with van der Waals surface area (Å²) < 4.78 is 0. The van der Waals surface area contributed by atoms with Crippen LogP contribution in [0, 0.1) is 11.8 Å². The van der Waals surface area contributed by atoms with Crippen LogP contribution in [0.5, 0.6) is 0 Å². The normalized spacial score (nSPS) is 19.1. The summed E-state index contributed by atoms with van der Waals surface area (Å²) in [6.45, 7) is 1.17. The van der Waals surface area contributed by atoms with E-state index >= 15 is 0 Å². The first-order valence-corrected chi connectivity index (χ1v) is 9.11. The van der Waals surface area contributed by atoms with Crippen molar-refractivity contribution in [2.45, 2.75) is 0 Å². The fourth-order valence-corrected chi connectivity index (χ4v) is 3.14. The number of piperidine rings is 1. The van der Waals surface area contributed by atoms with E-state index in [0.29, 0.717) is 24.5 Å². The van der Waals surface area contributed by atoms with Crippen LogP contribution in [0.3, 0.4) is 0 Å². The molecule has 29 heavy (non-hydrogen) atoms. The summed E-state index contributed by atoms with van der Waals surface area (Å²) >= 11 is 0. The number of carbonyl (C=O) groups is 1. The third-order valence-corrected chi connectivity index (χ3v) is 4.56. The summed E-state index contributed by atoms with van der Waals surface area (Å²) in [5, 5.41) is 10.5. The van der Waals surface area contributed by atoms with Gasteiger partial charge in [-0.2, -0.15) is 0 Å². The summed E-state index contributed by atoms with van der Waals surface area (Å²) in [5.41, 5.74) is 19.9. The van der Waals surface area contributed by atoms with Crippen molar-refractivity contribution in [1.29, 1.82) is 0 Å². The number of nitrogens with zero attached hydrogens (tertiary/aromatic N) is 6. The zero-order valence-corrected chi connectivity index (χ0v) is 15.6. The predicted octanol–water partition coefficient (Wildman–Crippen LogP) is 5.70. The molecule has 2 aromatic carbocycles. The maximum Gasteiger partial charge on any atom is 0.149 e. The lowest BCUT2D eigenvalue weighted by Crippen LogP contribution is -2.42. The van der Waals surface area contributed by atoms with Gasteiger partial charge in [-0.1, -0.05) is 70.9 Å². The molecule has 0 aliphatic carbocycles. The molecule has 0 saturated carbocycles. The Labute approximate surface area is 167 Å². The summed E-state index contributed by atoms with van der Waals surface area (Å²) in [7, 11) is 0. The Morgan fingerprint density at radius 1 is 0.862 bits per heavy atom. The van der Waals surface area contributed by atoms with E-state index in [1.807, 2.05) is 36.4 Å². The van der Waals surface area contributed by atoms with Gasteiger partial charge in [0.25, 0.3) is 0 Å². The number of nitrogens with one attached hydrogen (secondary N) is 1. The Kier molecular flexibility index (Phi) is 6.81. The first-order valence-electron chi connectivity index (χ1n) is 9.11. The van der Waals surface area contributed by atoms with Crippen LogP contribution < -0.4 is 5.32 Å². The highest BCUT2D eigenvalue weighted by Gasteiger charge is 2.27. The van der Waals surface area contributed by atoms with E-state index < -0.39 is 0 Å². The number of benzene rings is 2. The van der Waals surface area contributed by atoms with Gasteiger partial charge in [-0.15, -0.1) is 0 Å². The van der Waals surface area contributed by atoms with Crippen LogP contribution in [-0.2, 0) is 4.79 Å². The van der Waals surface area contributed by atoms with Crippen molar-refractivity contribution in [2.75, 3.05) is 13.1 Å². The number of hydrogen-bond donors (Lipinski definition) is 1. The first kappa shape index (κ1) is 19.9. The standard InChI is InChI=1S/C21H19N7O/c22-27-25-19-5-1-3-15(11-19)7-9-17-13-24-14-18(21(17)29)10-8-16-4-2-6-20(12-16)26-28-23/h1-12,17-18,24H,13-14H2. The van der Waals surface area contributed by atoms with Crippen LogP contribution in [0.1, 0.15) is 11.1 Å². The van der Waals surface area contributed by atoms with E-state index in [-0.39, 0.29) is 17.6 Å². The maximum absolute atomic E-state index is 12.8. The number of rotatable bonds is 6. The highest BCUT2D eigenvalue weighted by atomic mass is 16.1. The van der Waals surface area contributed by atoms with E-state index in [0.717, 1.165) is 11.1 Å². The Balaban J connectivity index is 1.70. The van der Waals surface area contributed by atoms with E-state index in [2.05, 4.69) is 25.4 Å². The Morgan fingerprint density at radius 3 is 1.79 bits per heavy atom. The first-order chi connectivity index (χ1) is 14.2.